The van der Waals surface area contributed by atoms with Crippen LogP contribution >= 0.6 is 11.3 Å². The van der Waals surface area contributed by atoms with Gasteiger partial charge >= 0.3 is 0 Å². The fourth-order valence-electron chi connectivity index (χ4n) is 3.91. The Hall–Kier alpha value is -2.58. The topological polar surface area (TPSA) is 77.1 Å². The van der Waals surface area contributed by atoms with Crippen molar-refractivity contribution >= 4 is 28.8 Å². The summed E-state index contributed by atoms with van der Waals surface area (Å²) < 4.78 is 15.9. The number of benzene rings is 1. The quantitative estimate of drug-likeness (QED) is 0.789. The van der Waals surface area contributed by atoms with Gasteiger partial charge < -0.3 is 24.4 Å². The summed E-state index contributed by atoms with van der Waals surface area (Å²) in [7, 11) is 3.15. The lowest BCUT2D eigenvalue weighted by Crippen LogP contribution is -2.40. The third-order valence-electron chi connectivity index (χ3n) is 5.63. The average molecular weight is 431 g/mol. The van der Waals surface area contributed by atoms with Crippen molar-refractivity contribution in [2.75, 3.05) is 45.8 Å². The first-order valence-corrected chi connectivity index (χ1v) is 10.9. The van der Waals surface area contributed by atoms with Crippen LogP contribution in [0.4, 0.5) is 5.69 Å². The molecule has 30 heavy (non-hydrogen) atoms. The maximum atomic E-state index is 12.9. The van der Waals surface area contributed by atoms with E-state index in [-0.39, 0.29) is 17.7 Å². The van der Waals surface area contributed by atoms with Gasteiger partial charge in [0.2, 0.25) is 5.91 Å². The zero-order chi connectivity index (χ0) is 21.1. The minimum Gasteiger partial charge on any atom is -0.497 e. The predicted octanol–water partition coefficient (Wildman–Crippen LogP) is 2.98. The summed E-state index contributed by atoms with van der Waals surface area (Å²) in [6.07, 6.45) is 2.23. The summed E-state index contributed by atoms with van der Waals surface area (Å²) in [4.78, 5) is 29.5. The third-order valence-corrected chi connectivity index (χ3v) is 6.85. The smallest absolute Gasteiger partial charge is 0.264 e. The lowest BCUT2D eigenvalue weighted by molar-refractivity contribution is -0.120. The molecule has 0 spiro atoms. The van der Waals surface area contributed by atoms with Crippen molar-refractivity contribution in [1.29, 1.82) is 0 Å². The number of fused-ring (bicyclic) bond motifs is 1. The van der Waals surface area contributed by atoms with Gasteiger partial charge in [0.1, 0.15) is 11.5 Å². The third kappa shape index (κ3) is 4.29. The number of nitrogens with zero attached hydrogens (tertiary/aromatic N) is 1. The minimum atomic E-state index is -0.134. The fourth-order valence-corrected chi connectivity index (χ4v) is 5.09. The molecule has 160 valence electrons. The number of anilines is 1. The molecule has 1 fully saturated rings. The predicted molar refractivity (Wildman–Crippen MR) is 115 cm³/mol. The molecule has 0 radical (unpaired) electrons. The van der Waals surface area contributed by atoms with Crippen LogP contribution in [0.2, 0.25) is 0 Å². The Balaban J connectivity index is 1.43. The Morgan fingerprint density at radius 1 is 1.17 bits per heavy atom. The summed E-state index contributed by atoms with van der Waals surface area (Å²) >= 11 is 1.57. The van der Waals surface area contributed by atoms with Crippen molar-refractivity contribution < 1.29 is 23.8 Å². The van der Waals surface area contributed by atoms with E-state index in [0.717, 1.165) is 23.3 Å². The second-order valence-electron chi connectivity index (χ2n) is 7.46. The van der Waals surface area contributed by atoms with E-state index in [9.17, 15) is 9.59 Å². The standard InChI is InChI=1S/C22H26N2O5S/c1-27-16-4-5-17(18(13-16)28-2)23-21(25)14-3-6-19-15(11-14)12-20(30-19)22(26)24-7-9-29-10-8-24/h4-5,12-14H,3,6-11H2,1-2H3,(H,23,25)/t14-/m0/s1. The molecule has 4 rings (SSSR count). The van der Waals surface area contributed by atoms with Gasteiger partial charge in [-0.1, -0.05) is 0 Å². The number of methoxy groups -OCH3 is 2. The van der Waals surface area contributed by atoms with Gasteiger partial charge in [-0.15, -0.1) is 11.3 Å². The van der Waals surface area contributed by atoms with Crippen LogP contribution < -0.4 is 14.8 Å². The second-order valence-corrected chi connectivity index (χ2v) is 8.60. The lowest BCUT2D eigenvalue weighted by Gasteiger charge is -2.26. The van der Waals surface area contributed by atoms with Gasteiger partial charge in [-0.25, -0.2) is 0 Å². The Labute approximate surface area is 179 Å². The Kier molecular flexibility index (Phi) is 6.24. The van der Waals surface area contributed by atoms with E-state index >= 15 is 0 Å². The lowest BCUT2D eigenvalue weighted by atomic mass is 9.87. The summed E-state index contributed by atoms with van der Waals surface area (Å²) in [6.45, 7) is 2.45. The highest BCUT2D eigenvalue weighted by molar-refractivity contribution is 7.14. The maximum absolute atomic E-state index is 12.9. The first kappa shape index (κ1) is 20.7. The van der Waals surface area contributed by atoms with E-state index in [1.165, 1.54) is 4.88 Å². The van der Waals surface area contributed by atoms with Crippen LogP contribution in [0.1, 0.15) is 26.5 Å². The minimum absolute atomic E-state index is 0.0311. The molecule has 1 aliphatic heterocycles. The van der Waals surface area contributed by atoms with Crippen LogP contribution in [0.25, 0.3) is 0 Å². The highest BCUT2D eigenvalue weighted by atomic mass is 32.1. The summed E-state index contributed by atoms with van der Waals surface area (Å²) in [5.41, 5.74) is 1.74. The monoisotopic (exact) mass is 430 g/mol. The van der Waals surface area contributed by atoms with Crippen molar-refractivity contribution in [3.05, 3.63) is 39.6 Å². The molecule has 1 aromatic carbocycles. The van der Waals surface area contributed by atoms with Gasteiger partial charge in [0.25, 0.3) is 5.91 Å². The van der Waals surface area contributed by atoms with E-state index in [2.05, 4.69) is 5.32 Å². The van der Waals surface area contributed by atoms with Gasteiger partial charge in [-0.05, 0) is 43.0 Å². The number of nitrogens with one attached hydrogen (secondary N) is 1. The second kappa shape index (κ2) is 9.06. The van der Waals surface area contributed by atoms with Gasteiger partial charge in [0.05, 0.1) is 38.0 Å². The molecule has 0 unspecified atom stereocenters. The van der Waals surface area contributed by atoms with Crippen LogP contribution in [-0.2, 0) is 22.4 Å². The molecule has 1 aromatic heterocycles. The van der Waals surface area contributed by atoms with Crippen LogP contribution in [0, 0.1) is 5.92 Å². The Morgan fingerprint density at radius 2 is 1.97 bits per heavy atom. The average Bonchev–Trinajstić information content (AvgIpc) is 3.22. The van der Waals surface area contributed by atoms with Gasteiger partial charge in [0, 0.05) is 30.0 Å². The summed E-state index contributed by atoms with van der Waals surface area (Å²) in [6, 6.07) is 7.30. The Bertz CT molecular complexity index is 936. The first-order valence-electron chi connectivity index (χ1n) is 10.1. The van der Waals surface area contributed by atoms with Crippen molar-refractivity contribution in [2.24, 2.45) is 5.92 Å². The molecular weight excluding hydrogens is 404 g/mol. The summed E-state index contributed by atoms with van der Waals surface area (Å²) in [5, 5.41) is 2.99. The number of morpholine rings is 1. The van der Waals surface area contributed by atoms with Crippen LogP contribution in [0.15, 0.2) is 24.3 Å². The van der Waals surface area contributed by atoms with E-state index in [1.807, 2.05) is 11.0 Å². The van der Waals surface area contributed by atoms with Crippen LogP contribution in [0.3, 0.4) is 0 Å². The maximum Gasteiger partial charge on any atom is 0.264 e. The van der Waals surface area contributed by atoms with E-state index in [0.29, 0.717) is 49.9 Å². The fraction of sp³-hybridized carbons (Fsp3) is 0.455. The zero-order valence-electron chi connectivity index (χ0n) is 17.2. The molecule has 2 amide bonds. The number of ether oxygens (including phenoxy) is 3. The van der Waals surface area contributed by atoms with Crippen molar-refractivity contribution in [2.45, 2.75) is 19.3 Å². The number of rotatable bonds is 5. The number of carbonyl (C=O) groups excluding carboxylic acids is 2. The zero-order valence-corrected chi connectivity index (χ0v) is 18.0. The highest BCUT2D eigenvalue weighted by Crippen LogP contribution is 2.35. The molecule has 2 heterocycles. The number of carbonyl (C=O) groups is 2. The largest absolute Gasteiger partial charge is 0.497 e. The van der Waals surface area contributed by atoms with Gasteiger partial charge in [-0.2, -0.15) is 0 Å². The van der Waals surface area contributed by atoms with Crippen LogP contribution in [0.5, 0.6) is 11.5 Å². The molecule has 1 aliphatic carbocycles. The number of hydrogen-bond donors (Lipinski definition) is 1. The van der Waals surface area contributed by atoms with E-state index < -0.39 is 0 Å². The van der Waals surface area contributed by atoms with Gasteiger partial charge in [-0.3, -0.25) is 9.59 Å². The Morgan fingerprint density at radius 3 is 2.70 bits per heavy atom. The molecule has 2 aromatic rings. The molecule has 0 saturated carbocycles. The number of thiophene rings is 1. The molecule has 8 heteroatoms. The first-order chi connectivity index (χ1) is 14.6. The molecule has 1 atom stereocenters. The number of hydrogen-bond acceptors (Lipinski definition) is 6. The summed E-state index contributed by atoms with van der Waals surface area (Å²) in [5.74, 6) is 1.14. The molecule has 1 saturated heterocycles. The van der Waals surface area contributed by atoms with Crippen LogP contribution in [-0.4, -0.2) is 57.2 Å². The number of aryl methyl sites for hydroxylation is 1. The molecular formula is C22H26N2O5S. The van der Waals surface area contributed by atoms with Crippen molar-refractivity contribution in [1.82, 2.24) is 4.90 Å². The van der Waals surface area contributed by atoms with Gasteiger partial charge in [0.15, 0.2) is 0 Å². The molecule has 1 N–H and O–H groups in total. The molecule has 7 nitrogen and oxygen atoms in total. The highest BCUT2D eigenvalue weighted by Gasteiger charge is 2.29. The van der Waals surface area contributed by atoms with E-state index in [1.54, 1.807) is 43.8 Å². The molecule has 2 aliphatic rings. The van der Waals surface area contributed by atoms with E-state index in [4.69, 9.17) is 14.2 Å². The SMILES string of the molecule is COc1ccc(NC(=O)[C@H]2CCc3sc(C(=O)N4CCOCC4)cc3C2)c(OC)c1. The van der Waals surface area contributed by atoms with Crippen molar-refractivity contribution in [3.8, 4) is 11.5 Å². The molecule has 0 bridgehead atoms. The number of amides is 2. The normalized spacial score (nSPS) is 18.5. The van der Waals surface area contributed by atoms with Crippen molar-refractivity contribution in [3.63, 3.8) is 0 Å².